The lowest BCUT2D eigenvalue weighted by molar-refractivity contribution is 0.0699. The van der Waals surface area contributed by atoms with Gasteiger partial charge in [0.05, 0.1) is 7.11 Å². The summed E-state index contributed by atoms with van der Waals surface area (Å²) in [6.07, 6.45) is 0. The summed E-state index contributed by atoms with van der Waals surface area (Å²) in [7, 11) is 1.48. The number of ether oxygens (including phenoxy) is 1. The number of methoxy groups -OCH3 is 1. The smallest absolute Gasteiger partial charge is 0.349 e. The van der Waals surface area contributed by atoms with Crippen molar-refractivity contribution in [3.8, 4) is 5.75 Å². The molecule has 0 fully saturated rings. The van der Waals surface area contributed by atoms with E-state index in [0.29, 0.717) is 11.7 Å². The van der Waals surface area contributed by atoms with E-state index in [9.17, 15) is 4.79 Å². The van der Waals surface area contributed by atoms with Crippen LogP contribution in [0.4, 0.5) is 0 Å². The summed E-state index contributed by atoms with van der Waals surface area (Å²) in [4.78, 5) is 12.1. The van der Waals surface area contributed by atoms with Crippen molar-refractivity contribution in [2.24, 2.45) is 0 Å². The van der Waals surface area contributed by atoms with Crippen LogP contribution in [0.15, 0.2) is 6.07 Å². The third kappa shape index (κ3) is 2.01. The Balaban J connectivity index is 3.11. The standard InChI is InChI=1S/C9H12O3S/c1-5(2)7-4-6(12-3)8(13-7)9(10)11/h4-5H,1-3H3,(H,10,11). The van der Waals surface area contributed by atoms with Gasteiger partial charge in [-0.3, -0.25) is 0 Å². The molecule has 1 aromatic rings. The molecule has 0 aromatic carbocycles. The summed E-state index contributed by atoms with van der Waals surface area (Å²) in [6.45, 7) is 4.05. The number of carboxylic acids is 1. The Morgan fingerprint density at radius 2 is 2.23 bits per heavy atom. The first-order valence-corrected chi connectivity index (χ1v) is 4.79. The van der Waals surface area contributed by atoms with Gasteiger partial charge in [0, 0.05) is 4.88 Å². The molecule has 1 aromatic heterocycles. The highest BCUT2D eigenvalue weighted by atomic mass is 32.1. The lowest BCUT2D eigenvalue weighted by Gasteiger charge is -1.96. The maximum absolute atomic E-state index is 10.7. The van der Waals surface area contributed by atoms with E-state index in [1.54, 1.807) is 6.07 Å². The summed E-state index contributed by atoms with van der Waals surface area (Å²) >= 11 is 1.28. The minimum atomic E-state index is -0.922. The zero-order valence-corrected chi connectivity index (χ0v) is 8.64. The summed E-state index contributed by atoms with van der Waals surface area (Å²) in [5, 5.41) is 8.82. The molecule has 0 unspecified atom stereocenters. The number of aromatic carboxylic acids is 1. The van der Waals surface area contributed by atoms with E-state index in [-0.39, 0.29) is 4.88 Å². The van der Waals surface area contributed by atoms with Crippen molar-refractivity contribution in [1.29, 1.82) is 0 Å². The molecule has 0 aliphatic carbocycles. The number of hydrogen-bond acceptors (Lipinski definition) is 3. The number of carbonyl (C=O) groups is 1. The Bertz CT molecular complexity index is 315. The van der Waals surface area contributed by atoms with Gasteiger partial charge in [-0.2, -0.15) is 0 Å². The fourth-order valence-corrected chi connectivity index (χ4v) is 1.95. The molecule has 0 spiro atoms. The van der Waals surface area contributed by atoms with Gasteiger partial charge in [-0.1, -0.05) is 13.8 Å². The van der Waals surface area contributed by atoms with Crippen LogP contribution in [-0.4, -0.2) is 18.2 Å². The van der Waals surface area contributed by atoms with Crippen LogP contribution in [0.1, 0.15) is 34.3 Å². The molecule has 1 heterocycles. The molecule has 0 aliphatic rings. The molecule has 13 heavy (non-hydrogen) atoms. The fraction of sp³-hybridized carbons (Fsp3) is 0.444. The lowest BCUT2D eigenvalue weighted by atomic mass is 10.2. The van der Waals surface area contributed by atoms with Gasteiger partial charge in [-0.15, -0.1) is 11.3 Å². The van der Waals surface area contributed by atoms with Crippen LogP contribution in [0.3, 0.4) is 0 Å². The quantitative estimate of drug-likeness (QED) is 0.815. The summed E-state index contributed by atoms with van der Waals surface area (Å²) in [6, 6.07) is 1.79. The van der Waals surface area contributed by atoms with Crippen LogP contribution in [-0.2, 0) is 0 Å². The second kappa shape index (κ2) is 3.79. The molecule has 0 bridgehead atoms. The normalized spacial score (nSPS) is 10.5. The van der Waals surface area contributed by atoms with E-state index in [4.69, 9.17) is 9.84 Å². The maximum Gasteiger partial charge on any atom is 0.349 e. The van der Waals surface area contributed by atoms with Crippen LogP contribution in [0.25, 0.3) is 0 Å². The molecule has 0 saturated carbocycles. The molecule has 1 N–H and O–H groups in total. The predicted octanol–water partition coefficient (Wildman–Crippen LogP) is 2.58. The summed E-state index contributed by atoms with van der Waals surface area (Å²) in [5.74, 6) is -0.123. The van der Waals surface area contributed by atoms with Crippen molar-refractivity contribution in [3.05, 3.63) is 15.8 Å². The van der Waals surface area contributed by atoms with Gasteiger partial charge in [0.15, 0.2) is 4.88 Å². The van der Waals surface area contributed by atoms with Gasteiger partial charge in [-0.05, 0) is 12.0 Å². The van der Waals surface area contributed by atoms with Gasteiger partial charge in [0.2, 0.25) is 0 Å². The average Bonchev–Trinajstić information content (AvgIpc) is 2.47. The van der Waals surface area contributed by atoms with E-state index in [2.05, 4.69) is 0 Å². The summed E-state index contributed by atoms with van der Waals surface area (Å²) in [5.41, 5.74) is 0. The Morgan fingerprint density at radius 1 is 1.62 bits per heavy atom. The van der Waals surface area contributed by atoms with E-state index in [1.807, 2.05) is 13.8 Å². The number of rotatable bonds is 3. The summed E-state index contributed by atoms with van der Waals surface area (Å²) < 4.78 is 4.97. The van der Waals surface area contributed by atoms with E-state index < -0.39 is 5.97 Å². The molecule has 0 aliphatic heterocycles. The number of hydrogen-bond donors (Lipinski definition) is 1. The highest BCUT2D eigenvalue weighted by Gasteiger charge is 2.17. The molecule has 0 atom stereocenters. The van der Waals surface area contributed by atoms with Crippen molar-refractivity contribution in [2.75, 3.05) is 7.11 Å². The highest BCUT2D eigenvalue weighted by Crippen LogP contribution is 2.33. The van der Waals surface area contributed by atoms with Crippen molar-refractivity contribution in [3.63, 3.8) is 0 Å². The molecule has 1 rings (SSSR count). The van der Waals surface area contributed by atoms with Crippen LogP contribution in [0.2, 0.25) is 0 Å². The number of thiophene rings is 1. The third-order valence-corrected chi connectivity index (χ3v) is 3.11. The predicted molar refractivity (Wildman–Crippen MR) is 51.9 cm³/mol. The molecule has 0 saturated heterocycles. The molecule has 3 nitrogen and oxygen atoms in total. The molecular formula is C9H12O3S. The Hall–Kier alpha value is -1.03. The van der Waals surface area contributed by atoms with Crippen molar-refractivity contribution >= 4 is 17.3 Å². The first kappa shape index (κ1) is 10.1. The zero-order chi connectivity index (χ0) is 10.0. The fourth-order valence-electron chi connectivity index (χ4n) is 0.978. The molecule has 4 heteroatoms. The van der Waals surface area contributed by atoms with E-state index in [1.165, 1.54) is 18.4 Å². The second-order valence-electron chi connectivity index (χ2n) is 3.01. The monoisotopic (exact) mass is 200 g/mol. The first-order chi connectivity index (χ1) is 6.06. The second-order valence-corrected chi connectivity index (χ2v) is 4.09. The van der Waals surface area contributed by atoms with Crippen molar-refractivity contribution in [1.82, 2.24) is 0 Å². The van der Waals surface area contributed by atoms with Crippen LogP contribution >= 0.6 is 11.3 Å². The minimum absolute atomic E-state index is 0.284. The molecule has 72 valence electrons. The van der Waals surface area contributed by atoms with Crippen LogP contribution in [0.5, 0.6) is 5.75 Å². The Morgan fingerprint density at radius 3 is 2.54 bits per heavy atom. The molecule has 0 amide bonds. The molecule has 0 radical (unpaired) electrons. The number of carboxylic acid groups (broad SMARTS) is 1. The van der Waals surface area contributed by atoms with Crippen molar-refractivity contribution in [2.45, 2.75) is 19.8 Å². The topological polar surface area (TPSA) is 46.5 Å². The maximum atomic E-state index is 10.7. The van der Waals surface area contributed by atoms with Crippen LogP contribution < -0.4 is 4.74 Å². The van der Waals surface area contributed by atoms with Gasteiger partial charge >= 0.3 is 5.97 Å². The van der Waals surface area contributed by atoms with Gasteiger partial charge in [0.1, 0.15) is 5.75 Å². The third-order valence-electron chi connectivity index (χ3n) is 1.70. The lowest BCUT2D eigenvalue weighted by Crippen LogP contribution is -1.94. The van der Waals surface area contributed by atoms with E-state index >= 15 is 0 Å². The SMILES string of the molecule is COc1cc(C(C)C)sc1C(=O)O. The Labute approximate surface area is 81.0 Å². The average molecular weight is 200 g/mol. The van der Waals surface area contributed by atoms with Gasteiger partial charge in [-0.25, -0.2) is 4.79 Å². The minimum Gasteiger partial charge on any atom is -0.495 e. The molecular weight excluding hydrogens is 188 g/mol. The van der Waals surface area contributed by atoms with Crippen molar-refractivity contribution < 1.29 is 14.6 Å². The van der Waals surface area contributed by atoms with E-state index in [0.717, 1.165) is 4.88 Å². The van der Waals surface area contributed by atoms with Gasteiger partial charge < -0.3 is 9.84 Å². The van der Waals surface area contributed by atoms with Gasteiger partial charge in [0.25, 0.3) is 0 Å². The van der Waals surface area contributed by atoms with Crippen LogP contribution in [0, 0.1) is 0 Å². The Kier molecular flexibility index (Phi) is 2.93. The first-order valence-electron chi connectivity index (χ1n) is 3.97. The largest absolute Gasteiger partial charge is 0.495 e. The highest BCUT2D eigenvalue weighted by molar-refractivity contribution is 7.14. The zero-order valence-electron chi connectivity index (χ0n) is 7.83.